The monoisotopic (exact) mass is 374 g/mol. The average molecular weight is 375 g/mol. The highest BCUT2D eigenvalue weighted by molar-refractivity contribution is 7.90. The molecule has 0 bridgehead atoms. The van der Waals surface area contributed by atoms with Gasteiger partial charge in [0.1, 0.15) is 5.82 Å². The maximum atomic E-state index is 13.0. The SMILES string of the molecule is O=C(NCC1CCN(S(=O)(=O)C2CC2)CC1)c1ccc(F)cc1Cl. The van der Waals surface area contributed by atoms with E-state index in [1.807, 2.05) is 0 Å². The lowest BCUT2D eigenvalue weighted by Crippen LogP contribution is -2.42. The number of amides is 1. The molecule has 1 aliphatic heterocycles. The molecule has 1 amide bonds. The summed E-state index contributed by atoms with van der Waals surface area (Å²) in [5.74, 6) is -0.590. The predicted octanol–water partition coefficient (Wildman–Crippen LogP) is 2.41. The summed E-state index contributed by atoms with van der Waals surface area (Å²) in [5, 5.41) is 2.71. The van der Waals surface area contributed by atoms with Gasteiger partial charge in [0.2, 0.25) is 10.0 Å². The Hall–Kier alpha value is -1.18. The van der Waals surface area contributed by atoms with Crippen molar-refractivity contribution < 1.29 is 17.6 Å². The second kappa shape index (κ2) is 6.98. The van der Waals surface area contributed by atoms with Gasteiger partial charge >= 0.3 is 0 Å². The zero-order valence-electron chi connectivity index (χ0n) is 13.2. The van der Waals surface area contributed by atoms with Crippen LogP contribution >= 0.6 is 11.6 Å². The lowest BCUT2D eigenvalue weighted by Gasteiger charge is -2.31. The van der Waals surface area contributed by atoms with Crippen LogP contribution in [0.1, 0.15) is 36.0 Å². The first kappa shape index (κ1) is 17.6. The summed E-state index contributed by atoms with van der Waals surface area (Å²) in [4.78, 5) is 12.1. The van der Waals surface area contributed by atoms with E-state index in [2.05, 4.69) is 5.32 Å². The van der Waals surface area contributed by atoms with Gasteiger partial charge in [-0.1, -0.05) is 11.6 Å². The molecule has 1 aromatic rings. The van der Waals surface area contributed by atoms with Crippen molar-refractivity contribution in [3.05, 3.63) is 34.6 Å². The molecule has 5 nitrogen and oxygen atoms in total. The van der Waals surface area contributed by atoms with Gasteiger partial charge in [0, 0.05) is 19.6 Å². The molecule has 8 heteroatoms. The van der Waals surface area contributed by atoms with E-state index >= 15 is 0 Å². The first-order chi connectivity index (χ1) is 11.4. The van der Waals surface area contributed by atoms with Gasteiger partial charge in [0.25, 0.3) is 5.91 Å². The molecule has 0 unspecified atom stereocenters. The number of carbonyl (C=O) groups excluding carboxylic acids is 1. The van der Waals surface area contributed by atoms with Crippen molar-refractivity contribution in [2.75, 3.05) is 19.6 Å². The van der Waals surface area contributed by atoms with Gasteiger partial charge in [0.15, 0.2) is 0 Å². The van der Waals surface area contributed by atoms with Crippen molar-refractivity contribution in [1.82, 2.24) is 9.62 Å². The molecule has 0 atom stereocenters. The summed E-state index contributed by atoms with van der Waals surface area (Å²) in [7, 11) is -3.10. The van der Waals surface area contributed by atoms with E-state index in [1.165, 1.54) is 12.1 Å². The molecular weight excluding hydrogens is 355 g/mol. The minimum absolute atomic E-state index is 0.0813. The molecule has 2 fully saturated rings. The van der Waals surface area contributed by atoms with Gasteiger partial charge < -0.3 is 5.32 Å². The van der Waals surface area contributed by atoms with Crippen LogP contribution in [0.2, 0.25) is 5.02 Å². The Labute approximate surface area is 146 Å². The van der Waals surface area contributed by atoms with Crippen LogP contribution in [0.4, 0.5) is 4.39 Å². The van der Waals surface area contributed by atoms with Crippen molar-refractivity contribution in [3.8, 4) is 0 Å². The van der Waals surface area contributed by atoms with E-state index in [0.717, 1.165) is 31.7 Å². The molecule has 1 aromatic carbocycles. The molecule has 1 saturated heterocycles. The molecule has 3 rings (SSSR count). The van der Waals surface area contributed by atoms with Crippen molar-refractivity contribution in [3.63, 3.8) is 0 Å². The van der Waals surface area contributed by atoms with Crippen LogP contribution in [0.15, 0.2) is 18.2 Å². The van der Waals surface area contributed by atoms with E-state index in [1.54, 1.807) is 4.31 Å². The predicted molar refractivity (Wildman–Crippen MR) is 90.0 cm³/mol. The second-order valence-electron chi connectivity index (χ2n) is 6.42. The summed E-state index contributed by atoms with van der Waals surface area (Å²) in [6.07, 6.45) is 3.00. The first-order valence-electron chi connectivity index (χ1n) is 8.10. The summed E-state index contributed by atoms with van der Waals surface area (Å²) in [6, 6.07) is 3.66. The summed E-state index contributed by atoms with van der Waals surface area (Å²) >= 11 is 5.88. The molecule has 1 N–H and O–H groups in total. The largest absolute Gasteiger partial charge is 0.352 e. The van der Waals surface area contributed by atoms with E-state index in [9.17, 15) is 17.6 Å². The summed E-state index contributed by atoms with van der Waals surface area (Å²) in [5.41, 5.74) is 0.242. The van der Waals surface area contributed by atoms with Crippen LogP contribution < -0.4 is 5.32 Å². The Balaban J connectivity index is 1.49. The third-order valence-electron chi connectivity index (χ3n) is 4.61. The van der Waals surface area contributed by atoms with Crippen LogP contribution in [0.25, 0.3) is 0 Å². The Morgan fingerprint density at radius 3 is 2.50 bits per heavy atom. The Kier molecular flexibility index (Phi) is 5.13. The van der Waals surface area contributed by atoms with Crippen LogP contribution in [0.3, 0.4) is 0 Å². The second-order valence-corrected chi connectivity index (χ2v) is 9.04. The Bertz CT molecular complexity index is 729. The highest BCUT2D eigenvalue weighted by Gasteiger charge is 2.41. The minimum atomic E-state index is -3.10. The van der Waals surface area contributed by atoms with Gasteiger partial charge in [-0.25, -0.2) is 17.1 Å². The first-order valence-corrected chi connectivity index (χ1v) is 9.98. The minimum Gasteiger partial charge on any atom is -0.352 e. The van der Waals surface area contributed by atoms with Crippen LogP contribution in [-0.4, -0.2) is 43.5 Å². The number of sulfonamides is 1. The normalized spacial score (nSPS) is 20.1. The third-order valence-corrected chi connectivity index (χ3v) is 7.32. The number of nitrogens with zero attached hydrogens (tertiary/aromatic N) is 1. The lowest BCUT2D eigenvalue weighted by atomic mass is 9.98. The summed E-state index contributed by atoms with van der Waals surface area (Å²) in [6.45, 7) is 1.48. The number of nitrogens with one attached hydrogen (secondary N) is 1. The molecule has 0 spiro atoms. The standard InChI is InChI=1S/C16H20ClFN2O3S/c17-15-9-12(18)1-4-14(15)16(21)19-10-11-5-7-20(8-6-11)24(22,23)13-2-3-13/h1,4,9,11,13H,2-3,5-8,10H2,(H,19,21). The number of piperidine rings is 1. The fraction of sp³-hybridized carbons (Fsp3) is 0.562. The van der Waals surface area contributed by atoms with Crippen molar-refractivity contribution in [2.45, 2.75) is 30.9 Å². The molecule has 132 valence electrons. The molecule has 1 saturated carbocycles. The quantitative estimate of drug-likeness (QED) is 0.860. The average Bonchev–Trinajstić information content (AvgIpc) is 3.38. The van der Waals surface area contributed by atoms with Crippen LogP contribution in [0, 0.1) is 11.7 Å². The maximum absolute atomic E-state index is 13.0. The van der Waals surface area contributed by atoms with Crippen LogP contribution in [-0.2, 0) is 10.0 Å². The smallest absolute Gasteiger partial charge is 0.252 e. The Morgan fingerprint density at radius 2 is 1.92 bits per heavy atom. The van der Waals surface area contributed by atoms with Crippen molar-refractivity contribution in [2.24, 2.45) is 5.92 Å². The highest BCUT2D eigenvalue weighted by Crippen LogP contribution is 2.33. The van der Waals surface area contributed by atoms with Gasteiger partial charge in [-0.2, -0.15) is 0 Å². The van der Waals surface area contributed by atoms with E-state index in [4.69, 9.17) is 11.6 Å². The molecule has 0 radical (unpaired) electrons. The molecule has 1 heterocycles. The topological polar surface area (TPSA) is 66.5 Å². The van der Waals surface area contributed by atoms with Gasteiger partial charge in [-0.3, -0.25) is 4.79 Å². The van der Waals surface area contributed by atoms with E-state index in [-0.39, 0.29) is 27.7 Å². The summed E-state index contributed by atoms with van der Waals surface area (Å²) < 4.78 is 39.0. The zero-order chi connectivity index (χ0) is 17.3. The van der Waals surface area contributed by atoms with Crippen molar-refractivity contribution in [1.29, 1.82) is 0 Å². The fourth-order valence-corrected chi connectivity index (χ4v) is 5.08. The zero-order valence-corrected chi connectivity index (χ0v) is 14.7. The molecular formula is C16H20ClFN2O3S. The van der Waals surface area contributed by atoms with Gasteiger partial charge in [-0.15, -0.1) is 0 Å². The number of benzene rings is 1. The number of hydrogen-bond donors (Lipinski definition) is 1. The number of rotatable bonds is 5. The molecule has 0 aromatic heterocycles. The van der Waals surface area contributed by atoms with E-state index in [0.29, 0.717) is 19.6 Å². The fourth-order valence-electron chi connectivity index (χ4n) is 2.95. The third kappa shape index (κ3) is 3.90. The van der Waals surface area contributed by atoms with Crippen LogP contribution in [0.5, 0.6) is 0 Å². The lowest BCUT2D eigenvalue weighted by molar-refractivity contribution is 0.0941. The maximum Gasteiger partial charge on any atom is 0.252 e. The van der Waals surface area contributed by atoms with Crippen molar-refractivity contribution >= 4 is 27.5 Å². The number of carbonyl (C=O) groups is 1. The van der Waals surface area contributed by atoms with Gasteiger partial charge in [0.05, 0.1) is 15.8 Å². The number of hydrogen-bond acceptors (Lipinski definition) is 3. The molecule has 24 heavy (non-hydrogen) atoms. The van der Waals surface area contributed by atoms with Gasteiger partial charge in [-0.05, 0) is 49.8 Å². The highest BCUT2D eigenvalue weighted by atomic mass is 35.5. The molecule has 2 aliphatic rings. The van der Waals surface area contributed by atoms with E-state index < -0.39 is 15.8 Å². The molecule has 1 aliphatic carbocycles. The Morgan fingerprint density at radius 1 is 1.25 bits per heavy atom. The number of halogens is 2.